The van der Waals surface area contributed by atoms with E-state index in [1.165, 1.54) is 44.9 Å². The molecule has 5 heteroatoms. The Morgan fingerprint density at radius 1 is 1.00 bits per heavy atom. The Labute approximate surface area is 152 Å². The number of hydrogen-bond acceptors (Lipinski definition) is 4. The molecule has 5 nitrogen and oxygen atoms in total. The van der Waals surface area contributed by atoms with Crippen molar-refractivity contribution in [3.05, 3.63) is 0 Å². The number of carbonyl (C=O) groups is 2. The number of rotatable bonds is 7. The molecule has 1 atom stereocenters. The van der Waals surface area contributed by atoms with E-state index >= 15 is 0 Å². The van der Waals surface area contributed by atoms with Crippen molar-refractivity contribution in [1.29, 1.82) is 0 Å². The molecule has 0 N–H and O–H groups in total. The third-order valence-electron chi connectivity index (χ3n) is 6.00. The predicted octanol–water partition coefficient (Wildman–Crippen LogP) is 2.98. The minimum Gasteiger partial charge on any atom is -0.464 e. The molecule has 3 fully saturated rings. The number of amides is 1. The number of carbonyl (C=O) groups excluding carboxylic acids is 2. The van der Waals surface area contributed by atoms with E-state index in [9.17, 15) is 9.59 Å². The molecule has 1 saturated heterocycles. The number of nitrogens with zero attached hydrogens (tertiary/aromatic N) is 2. The van der Waals surface area contributed by atoms with E-state index in [4.69, 9.17) is 4.74 Å². The van der Waals surface area contributed by atoms with Gasteiger partial charge in [-0.3, -0.25) is 9.69 Å². The van der Waals surface area contributed by atoms with Gasteiger partial charge in [0.2, 0.25) is 5.91 Å². The van der Waals surface area contributed by atoms with Crippen molar-refractivity contribution < 1.29 is 14.3 Å². The normalized spacial score (nSPS) is 25.2. The molecule has 1 aliphatic heterocycles. The maximum atomic E-state index is 13.0. The van der Waals surface area contributed by atoms with Gasteiger partial charge in [0.25, 0.3) is 0 Å². The lowest BCUT2D eigenvalue weighted by Gasteiger charge is -2.38. The molecule has 0 aromatic heterocycles. The quantitative estimate of drug-likeness (QED) is 0.663. The van der Waals surface area contributed by atoms with Gasteiger partial charge >= 0.3 is 5.97 Å². The zero-order chi connectivity index (χ0) is 17.6. The SMILES string of the molecule is CCOC(=O)C1CCCCN1C(=O)CN(CC1CC1)C1CCCCC1. The average molecular weight is 351 g/mol. The molecule has 142 valence electrons. The fraction of sp³-hybridized carbons (Fsp3) is 0.900. The fourth-order valence-electron chi connectivity index (χ4n) is 4.40. The van der Waals surface area contributed by atoms with Gasteiger partial charge in [-0.15, -0.1) is 0 Å². The lowest BCUT2D eigenvalue weighted by molar-refractivity contribution is -0.157. The van der Waals surface area contributed by atoms with Gasteiger partial charge in [0, 0.05) is 19.1 Å². The summed E-state index contributed by atoms with van der Waals surface area (Å²) in [4.78, 5) is 29.6. The van der Waals surface area contributed by atoms with Crippen LogP contribution in [0.2, 0.25) is 0 Å². The van der Waals surface area contributed by atoms with Crippen molar-refractivity contribution in [2.75, 3.05) is 26.2 Å². The van der Waals surface area contributed by atoms with Crippen LogP contribution in [0, 0.1) is 5.92 Å². The summed E-state index contributed by atoms with van der Waals surface area (Å²) in [6, 6.07) is 0.194. The standard InChI is InChI=1S/C20H34N2O3/c1-2-25-20(24)18-10-6-7-13-22(18)19(23)15-21(14-16-11-12-16)17-8-4-3-5-9-17/h16-18H,2-15H2,1H3. The Bertz CT molecular complexity index is 458. The lowest BCUT2D eigenvalue weighted by atomic mass is 9.93. The maximum Gasteiger partial charge on any atom is 0.328 e. The first kappa shape index (κ1) is 18.7. The number of ether oxygens (including phenoxy) is 1. The summed E-state index contributed by atoms with van der Waals surface area (Å²) in [5.74, 6) is 0.697. The Hall–Kier alpha value is -1.10. The van der Waals surface area contributed by atoms with Crippen molar-refractivity contribution in [2.24, 2.45) is 5.92 Å². The van der Waals surface area contributed by atoms with E-state index in [0.29, 0.717) is 25.7 Å². The minimum absolute atomic E-state index is 0.129. The highest BCUT2D eigenvalue weighted by molar-refractivity contribution is 5.85. The Morgan fingerprint density at radius 3 is 2.40 bits per heavy atom. The van der Waals surface area contributed by atoms with Crippen LogP contribution in [0.3, 0.4) is 0 Å². The van der Waals surface area contributed by atoms with Gasteiger partial charge in [-0.25, -0.2) is 4.79 Å². The van der Waals surface area contributed by atoms with Gasteiger partial charge in [0.1, 0.15) is 6.04 Å². The van der Waals surface area contributed by atoms with Crippen LogP contribution < -0.4 is 0 Å². The van der Waals surface area contributed by atoms with E-state index in [1.54, 1.807) is 0 Å². The third-order valence-corrected chi connectivity index (χ3v) is 6.00. The van der Waals surface area contributed by atoms with Crippen molar-refractivity contribution in [2.45, 2.75) is 83.2 Å². The molecule has 0 aromatic carbocycles. The van der Waals surface area contributed by atoms with Crippen molar-refractivity contribution in [1.82, 2.24) is 9.80 Å². The van der Waals surface area contributed by atoms with E-state index in [1.807, 2.05) is 11.8 Å². The number of piperidine rings is 1. The molecule has 2 saturated carbocycles. The van der Waals surface area contributed by atoms with Crippen molar-refractivity contribution in [3.8, 4) is 0 Å². The summed E-state index contributed by atoms with van der Waals surface area (Å²) < 4.78 is 5.21. The molecule has 0 bridgehead atoms. The first-order valence-corrected chi connectivity index (χ1v) is 10.4. The second-order valence-corrected chi connectivity index (χ2v) is 8.02. The van der Waals surface area contributed by atoms with Gasteiger partial charge in [-0.05, 0) is 57.8 Å². The first-order chi connectivity index (χ1) is 12.2. The van der Waals surface area contributed by atoms with Gasteiger partial charge in [0.15, 0.2) is 0 Å². The summed E-state index contributed by atoms with van der Waals surface area (Å²) in [6.07, 6.45) is 11.7. The van der Waals surface area contributed by atoms with Gasteiger partial charge in [-0.1, -0.05) is 19.3 Å². The highest BCUT2D eigenvalue weighted by Gasteiger charge is 2.36. The molecular weight excluding hydrogens is 316 g/mol. The van der Waals surface area contributed by atoms with E-state index in [2.05, 4.69) is 4.90 Å². The summed E-state index contributed by atoms with van der Waals surface area (Å²) in [5.41, 5.74) is 0. The third kappa shape index (κ3) is 5.19. The van der Waals surface area contributed by atoms with Gasteiger partial charge < -0.3 is 9.64 Å². The average Bonchev–Trinajstić information content (AvgIpc) is 3.46. The van der Waals surface area contributed by atoms with Gasteiger partial charge in [0.05, 0.1) is 13.2 Å². The summed E-state index contributed by atoms with van der Waals surface area (Å²) >= 11 is 0. The summed E-state index contributed by atoms with van der Waals surface area (Å²) in [5, 5.41) is 0. The summed E-state index contributed by atoms with van der Waals surface area (Å²) in [7, 11) is 0. The molecule has 3 rings (SSSR count). The number of hydrogen-bond donors (Lipinski definition) is 0. The Kier molecular flexibility index (Phi) is 6.74. The van der Waals surface area contributed by atoms with E-state index in [-0.39, 0.29) is 17.9 Å². The van der Waals surface area contributed by atoms with E-state index in [0.717, 1.165) is 31.7 Å². The molecule has 3 aliphatic rings. The zero-order valence-electron chi connectivity index (χ0n) is 15.8. The van der Waals surface area contributed by atoms with Crippen LogP contribution in [0.5, 0.6) is 0 Å². The van der Waals surface area contributed by atoms with Crippen LogP contribution >= 0.6 is 0 Å². The monoisotopic (exact) mass is 350 g/mol. The van der Waals surface area contributed by atoms with Crippen LogP contribution in [0.1, 0.15) is 71.1 Å². The summed E-state index contributed by atoms with van der Waals surface area (Å²) in [6.45, 7) is 4.45. The van der Waals surface area contributed by atoms with Crippen molar-refractivity contribution in [3.63, 3.8) is 0 Å². The largest absolute Gasteiger partial charge is 0.464 e. The molecule has 25 heavy (non-hydrogen) atoms. The zero-order valence-corrected chi connectivity index (χ0v) is 15.8. The van der Waals surface area contributed by atoms with Crippen LogP contribution in [0.4, 0.5) is 0 Å². The van der Waals surface area contributed by atoms with Crippen LogP contribution in [0.15, 0.2) is 0 Å². The Balaban J connectivity index is 1.62. The number of esters is 1. The number of likely N-dealkylation sites (tertiary alicyclic amines) is 1. The molecule has 2 aliphatic carbocycles. The highest BCUT2D eigenvalue weighted by atomic mass is 16.5. The topological polar surface area (TPSA) is 49.9 Å². The maximum absolute atomic E-state index is 13.0. The van der Waals surface area contributed by atoms with Crippen LogP contribution in [-0.2, 0) is 14.3 Å². The molecule has 0 radical (unpaired) electrons. The molecular formula is C20H34N2O3. The second-order valence-electron chi connectivity index (χ2n) is 8.02. The molecule has 1 heterocycles. The van der Waals surface area contributed by atoms with Crippen molar-refractivity contribution >= 4 is 11.9 Å². The fourth-order valence-corrected chi connectivity index (χ4v) is 4.40. The molecule has 1 unspecified atom stereocenters. The molecule has 1 amide bonds. The second kappa shape index (κ2) is 9.02. The minimum atomic E-state index is -0.365. The smallest absolute Gasteiger partial charge is 0.328 e. The highest BCUT2D eigenvalue weighted by Crippen LogP contribution is 2.32. The molecule has 0 spiro atoms. The van der Waals surface area contributed by atoms with Crippen LogP contribution in [-0.4, -0.2) is 60.0 Å². The predicted molar refractivity (Wildman–Crippen MR) is 97.2 cm³/mol. The van der Waals surface area contributed by atoms with Gasteiger partial charge in [-0.2, -0.15) is 0 Å². The lowest BCUT2D eigenvalue weighted by Crippen LogP contribution is -2.53. The Morgan fingerprint density at radius 2 is 1.72 bits per heavy atom. The molecule has 0 aromatic rings. The van der Waals surface area contributed by atoms with E-state index < -0.39 is 0 Å². The van der Waals surface area contributed by atoms with Crippen LogP contribution in [0.25, 0.3) is 0 Å². The first-order valence-electron chi connectivity index (χ1n) is 10.4.